The van der Waals surface area contributed by atoms with Gasteiger partial charge in [0.05, 0.1) is 0 Å². The molecule has 0 aromatic carbocycles. The van der Waals surface area contributed by atoms with Gasteiger partial charge in [-0.15, -0.1) is 0 Å². The lowest BCUT2D eigenvalue weighted by Crippen LogP contribution is -2.79. The first kappa shape index (κ1) is 53.8. The highest BCUT2D eigenvalue weighted by atomic mass is 19.4. The fraction of sp³-hybridized carbons (Fsp3) is 0.640. The van der Waals surface area contributed by atoms with E-state index in [1.807, 2.05) is 9.47 Å². The summed E-state index contributed by atoms with van der Waals surface area (Å²) in [5, 5.41) is 0. The topological polar surface area (TPSA) is 107 Å². The smallest absolute Gasteiger partial charge is 0.456 e. The quantitative estimate of drug-likeness (QED) is 0.0518. The van der Waals surface area contributed by atoms with Gasteiger partial charge >= 0.3 is 84.2 Å². The molecular weight excluding hydrogens is 900 g/mol. The molecule has 0 fully saturated rings. The molecule has 0 aromatic rings. The van der Waals surface area contributed by atoms with Crippen LogP contribution >= 0.6 is 0 Å². The van der Waals surface area contributed by atoms with Crippen LogP contribution in [0.15, 0.2) is 38.0 Å². The molecular formula is C25H16F24O9. The van der Waals surface area contributed by atoms with Gasteiger partial charge in [0.15, 0.2) is 19.8 Å². The Morgan fingerprint density at radius 2 is 0.690 bits per heavy atom. The van der Waals surface area contributed by atoms with E-state index in [2.05, 4.69) is 38.7 Å². The van der Waals surface area contributed by atoms with E-state index in [9.17, 15) is 75.8 Å². The number of hydrogen-bond donors (Lipinski definition) is 0. The highest BCUT2D eigenvalue weighted by molar-refractivity contribution is 5.81. The van der Waals surface area contributed by atoms with Gasteiger partial charge in [-0.25, -0.2) is 18.8 Å². The monoisotopic (exact) mass is 916 g/mol. The second-order valence-electron chi connectivity index (χ2n) is 10.2. The minimum Gasteiger partial charge on any atom is -0.456 e. The molecule has 0 amide bonds. The zero-order chi connectivity index (χ0) is 46.8. The molecule has 0 aliphatic rings. The van der Waals surface area contributed by atoms with Crippen molar-refractivity contribution >= 4 is 17.9 Å². The van der Waals surface area contributed by atoms with Crippen molar-refractivity contribution in [2.75, 3.05) is 19.8 Å². The zero-order valence-electron chi connectivity index (χ0n) is 26.8. The van der Waals surface area contributed by atoms with Crippen molar-refractivity contribution in [2.24, 2.45) is 5.41 Å². The van der Waals surface area contributed by atoms with Crippen LogP contribution < -0.4 is 0 Å². The number of esters is 3. The predicted octanol–water partition coefficient (Wildman–Crippen LogP) is 8.21. The van der Waals surface area contributed by atoms with Gasteiger partial charge in [0, 0.05) is 18.2 Å². The predicted molar refractivity (Wildman–Crippen MR) is 130 cm³/mol. The third kappa shape index (κ3) is 10.2. The molecule has 338 valence electrons. The number of carbonyl (C=O) groups is 3. The Morgan fingerprint density at radius 1 is 0.431 bits per heavy atom. The largest absolute Gasteiger partial charge is 0.459 e. The molecule has 0 heterocycles. The summed E-state index contributed by atoms with van der Waals surface area (Å²) < 4.78 is 362. The molecule has 0 aliphatic carbocycles. The number of rotatable bonds is 20. The normalized spacial score (nSPS) is 18.6. The van der Waals surface area contributed by atoms with Crippen LogP contribution in [-0.2, 0) is 42.8 Å². The third-order valence-electron chi connectivity index (χ3n) is 6.34. The van der Waals surface area contributed by atoms with Crippen LogP contribution in [0.2, 0.25) is 0 Å². The maximum Gasteiger partial charge on any atom is 0.459 e. The van der Waals surface area contributed by atoms with E-state index in [1.165, 1.54) is 0 Å². The van der Waals surface area contributed by atoms with Crippen molar-refractivity contribution < 1.29 is 148 Å². The summed E-state index contributed by atoms with van der Waals surface area (Å²) >= 11 is 0. The van der Waals surface area contributed by atoms with E-state index < -0.39 is 116 Å². The van der Waals surface area contributed by atoms with Crippen LogP contribution in [0.3, 0.4) is 0 Å². The summed E-state index contributed by atoms with van der Waals surface area (Å²) in [5.74, 6) is -48.2. The first-order chi connectivity index (χ1) is 25.4. The van der Waals surface area contributed by atoms with Gasteiger partial charge < -0.3 is 14.2 Å². The van der Waals surface area contributed by atoms with Gasteiger partial charge in [-0.3, -0.25) is 14.2 Å². The SMILES string of the molecule is C=CC(=O)OCC(F)(OC(F)C(C(F)(F)OC(F)(COC(=O)C=C)C(F)(F)F)(C(F)(F)OC(F)(COC(=O)C=C)C(F)(F)F)C(F)(F)C(F)(F)C(F)(F)F)C(F)(F)F. The lowest BCUT2D eigenvalue weighted by Gasteiger charge is -2.52. The lowest BCUT2D eigenvalue weighted by atomic mass is 9.74. The average molecular weight is 916 g/mol. The van der Waals surface area contributed by atoms with Crippen LogP contribution in [0.1, 0.15) is 0 Å². The fourth-order valence-corrected chi connectivity index (χ4v) is 3.38. The highest BCUT2D eigenvalue weighted by Gasteiger charge is 2.97. The van der Waals surface area contributed by atoms with Gasteiger partial charge in [0.2, 0.25) is 6.36 Å². The van der Waals surface area contributed by atoms with Crippen LogP contribution in [0.5, 0.6) is 0 Å². The van der Waals surface area contributed by atoms with Crippen molar-refractivity contribution in [1.29, 1.82) is 0 Å². The molecule has 33 heteroatoms. The van der Waals surface area contributed by atoms with E-state index in [1.54, 1.807) is 0 Å². The van der Waals surface area contributed by atoms with Crippen molar-refractivity contribution in [2.45, 2.75) is 72.7 Å². The summed E-state index contributed by atoms with van der Waals surface area (Å²) in [7, 11) is 0. The highest BCUT2D eigenvalue weighted by Crippen LogP contribution is 2.69. The second-order valence-corrected chi connectivity index (χ2v) is 10.2. The summed E-state index contributed by atoms with van der Waals surface area (Å²) in [5.41, 5.74) is -9.53. The molecule has 0 bridgehead atoms. The van der Waals surface area contributed by atoms with Gasteiger partial charge in [0.25, 0.3) is 5.41 Å². The summed E-state index contributed by atoms with van der Waals surface area (Å²) in [6, 6.07) is 0. The van der Waals surface area contributed by atoms with Crippen molar-refractivity contribution in [1.82, 2.24) is 0 Å². The Morgan fingerprint density at radius 3 is 0.914 bits per heavy atom. The Balaban J connectivity index is 9.18. The molecule has 4 atom stereocenters. The van der Waals surface area contributed by atoms with Crippen LogP contribution in [0.25, 0.3) is 0 Å². The number of hydrogen-bond acceptors (Lipinski definition) is 9. The molecule has 0 spiro atoms. The molecule has 0 aliphatic heterocycles. The number of alkyl halides is 24. The van der Waals surface area contributed by atoms with E-state index in [0.29, 0.717) is 0 Å². The Kier molecular flexibility index (Phi) is 15.6. The maximum absolute atomic E-state index is 15.8. The number of carbonyl (C=O) groups excluding carboxylic acids is 3. The fourth-order valence-electron chi connectivity index (χ4n) is 3.38. The molecule has 9 nitrogen and oxygen atoms in total. The van der Waals surface area contributed by atoms with Crippen LogP contribution in [-0.4, -0.2) is 110 Å². The molecule has 0 N–H and O–H groups in total. The van der Waals surface area contributed by atoms with Gasteiger partial charge in [0.1, 0.15) is 0 Å². The summed E-state index contributed by atoms with van der Waals surface area (Å²) in [4.78, 5) is 33.4. The maximum atomic E-state index is 15.8. The van der Waals surface area contributed by atoms with Gasteiger partial charge in [-0.1, -0.05) is 19.7 Å². The van der Waals surface area contributed by atoms with E-state index in [-0.39, 0.29) is 18.2 Å². The average Bonchev–Trinajstić information content (AvgIpc) is 3.01. The van der Waals surface area contributed by atoms with E-state index >= 15 is 43.9 Å². The number of ether oxygens (including phenoxy) is 6. The van der Waals surface area contributed by atoms with Crippen molar-refractivity contribution in [3.8, 4) is 0 Å². The second kappa shape index (κ2) is 16.8. The minimum atomic E-state index is -9.70. The van der Waals surface area contributed by atoms with E-state index in [0.717, 1.165) is 0 Å². The van der Waals surface area contributed by atoms with Crippen molar-refractivity contribution in [3.63, 3.8) is 0 Å². The van der Waals surface area contributed by atoms with Crippen LogP contribution in [0, 0.1) is 5.41 Å². The van der Waals surface area contributed by atoms with Gasteiger partial charge in [-0.05, 0) is 0 Å². The van der Waals surface area contributed by atoms with Crippen molar-refractivity contribution in [3.05, 3.63) is 38.0 Å². The molecule has 0 saturated carbocycles. The first-order valence-corrected chi connectivity index (χ1v) is 13.4. The third-order valence-corrected chi connectivity index (χ3v) is 6.34. The summed E-state index contributed by atoms with van der Waals surface area (Å²) in [6.45, 7) is -4.31. The molecule has 0 saturated heterocycles. The number of halogens is 24. The molecule has 58 heavy (non-hydrogen) atoms. The first-order valence-electron chi connectivity index (χ1n) is 13.4. The van der Waals surface area contributed by atoms with Crippen LogP contribution in [0.4, 0.5) is 105 Å². The molecule has 0 aromatic heterocycles. The molecule has 4 unspecified atom stereocenters. The van der Waals surface area contributed by atoms with Gasteiger partial charge in [-0.2, -0.15) is 101 Å². The van der Waals surface area contributed by atoms with E-state index in [4.69, 9.17) is 0 Å². The summed E-state index contributed by atoms with van der Waals surface area (Å²) in [6.07, 6.45) is -58.9. The lowest BCUT2D eigenvalue weighted by molar-refractivity contribution is -0.567. The molecule has 0 radical (unpaired) electrons. The Labute approximate surface area is 303 Å². The zero-order valence-corrected chi connectivity index (χ0v) is 26.8. The Hall–Kier alpha value is -4.17. The molecule has 0 rings (SSSR count). The standard InChI is InChI=1S/C25H16F24O9/c1-4-10(50)53-7-14(27,20(34,35)36)56-13(26)17(18(30,31)19(32,33)23(43,44)45,24(46,47)57-15(28,21(37,38)39)8-54-11(51)5-2)25(48,49)58-16(29,22(40,41)42)9-55-12(52)6-3/h4-6,13H,1-3,7-9H2. The Bertz CT molecular complexity index is 1460. The minimum absolute atomic E-state index is 0.357.